The monoisotopic (exact) mass is 345 g/mol. The van der Waals surface area contributed by atoms with Crippen molar-refractivity contribution in [3.63, 3.8) is 0 Å². The molecule has 0 heterocycles. The Bertz CT molecular complexity index is 794. The molecule has 0 saturated carbocycles. The molecule has 0 radical (unpaired) electrons. The van der Waals surface area contributed by atoms with Gasteiger partial charge in [-0.25, -0.2) is 4.39 Å². The third-order valence-electron chi connectivity index (χ3n) is 3.85. The summed E-state index contributed by atoms with van der Waals surface area (Å²) in [5.41, 5.74) is 1.61. The molecule has 0 aliphatic carbocycles. The van der Waals surface area contributed by atoms with Gasteiger partial charge >= 0.3 is 0 Å². The zero-order valence-electron chi connectivity index (χ0n) is 15.5. The fourth-order valence-corrected chi connectivity index (χ4v) is 2.40. The highest BCUT2D eigenvalue weighted by atomic mass is 19.1. The molecule has 0 unspecified atom stereocenters. The Balaban J connectivity index is 2.59. The van der Waals surface area contributed by atoms with Crippen LogP contribution in [0.4, 0.5) is 10.1 Å². The number of halogens is 1. The van der Waals surface area contributed by atoms with Gasteiger partial charge in [0.1, 0.15) is 5.82 Å². The van der Waals surface area contributed by atoms with Crippen molar-refractivity contribution in [3.05, 3.63) is 41.7 Å². The van der Waals surface area contributed by atoms with Crippen molar-refractivity contribution in [1.29, 1.82) is 0 Å². The minimum atomic E-state index is -0.633. The number of carbonyl (C=O) groups excluding carboxylic acids is 1. The molecule has 0 atom stereocenters. The summed E-state index contributed by atoms with van der Waals surface area (Å²) >= 11 is 0. The summed E-state index contributed by atoms with van der Waals surface area (Å²) in [6, 6.07) is 8.57. The summed E-state index contributed by atoms with van der Waals surface area (Å²) < 4.78 is 25.2. The highest BCUT2D eigenvalue weighted by Crippen LogP contribution is 2.37. The Morgan fingerprint density at radius 2 is 1.68 bits per heavy atom. The number of benzene rings is 2. The second-order valence-electron chi connectivity index (χ2n) is 6.94. The van der Waals surface area contributed by atoms with Crippen molar-refractivity contribution in [2.45, 2.75) is 27.7 Å². The van der Waals surface area contributed by atoms with Gasteiger partial charge in [0.15, 0.2) is 11.5 Å². The second kappa shape index (κ2) is 7.13. The van der Waals surface area contributed by atoms with Crippen LogP contribution in [-0.4, -0.2) is 20.1 Å². The molecule has 2 rings (SSSR count). The van der Waals surface area contributed by atoms with Crippen molar-refractivity contribution < 1.29 is 18.7 Å². The van der Waals surface area contributed by atoms with Gasteiger partial charge in [-0.15, -0.1) is 0 Å². The normalized spacial score (nSPS) is 11.2. The van der Waals surface area contributed by atoms with Gasteiger partial charge in [-0.2, -0.15) is 0 Å². The average molecular weight is 345 g/mol. The predicted molar refractivity (Wildman–Crippen MR) is 97.8 cm³/mol. The van der Waals surface area contributed by atoms with Gasteiger partial charge in [-0.3, -0.25) is 4.79 Å². The Kier molecular flexibility index (Phi) is 5.36. The standard InChI is InChI=1S/C20H24FNO3/c1-12-9-14(13-7-8-16(24-5)17(11-13)25-6)18(15(21)10-12)22-19(23)20(2,3)4/h7-11H,1-6H3,(H,22,23). The van der Waals surface area contributed by atoms with E-state index >= 15 is 0 Å². The first-order valence-corrected chi connectivity index (χ1v) is 8.01. The van der Waals surface area contributed by atoms with E-state index in [9.17, 15) is 9.18 Å². The summed E-state index contributed by atoms with van der Waals surface area (Å²) in [5.74, 6) is 0.397. The van der Waals surface area contributed by atoms with E-state index in [1.807, 2.05) is 19.1 Å². The molecule has 0 bridgehead atoms. The lowest BCUT2D eigenvalue weighted by atomic mass is 9.94. The lowest BCUT2D eigenvalue weighted by Gasteiger charge is -2.20. The largest absolute Gasteiger partial charge is 0.493 e. The van der Waals surface area contributed by atoms with E-state index in [0.29, 0.717) is 17.1 Å². The molecular weight excluding hydrogens is 321 g/mol. The SMILES string of the molecule is COc1ccc(-c2cc(C)cc(F)c2NC(=O)C(C)(C)C)cc1OC. The molecular formula is C20H24FNO3. The van der Waals surface area contributed by atoms with Crippen molar-refractivity contribution in [2.75, 3.05) is 19.5 Å². The Morgan fingerprint density at radius 1 is 1.04 bits per heavy atom. The molecule has 0 aromatic heterocycles. The lowest BCUT2D eigenvalue weighted by Crippen LogP contribution is -2.28. The molecule has 0 aliphatic rings. The molecule has 1 N–H and O–H groups in total. The van der Waals surface area contributed by atoms with E-state index in [1.165, 1.54) is 6.07 Å². The maximum Gasteiger partial charge on any atom is 0.229 e. The zero-order valence-corrected chi connectivity index (χ0v) is 15.5. The van der Waals surface area contributed by atoms with Crippen molar-refractivity contribution in [3.8, 4) is 22.6 Å². The fraction of sp³-hybridized carbons (Fsp3) is 0.350. The molecule has 0 fully saturated rings. The van der Waals surface area contributed by atoms with E-state index in [4.69, 9.17) is 9.47 Å². The third kappa shape index (κ3) is 4.10. The second-order valence-corrected chi connectivity index (χ2v) is 6.94. The van der Waals surface area contributed by atoms with E-state index in [-0.39, 0.29) is 11.6 Å². The van der Waals surface area contributed by atoms with Crippen LogP contribution < -0.4 is 14.8 Å². The summed E-state index contributed by atoms with van der Waals surface area (Å²) in [4.78, 5) is 12.4. The van der Waals surface area contributed by atoms with Gasteiger partial charge in [0, 0.05) is 11.0 Å². The van der Waals surface area contributed by atoms with Crippen LogP contribution in [0.15, 0.2) is 30.3 Å². The molecule has 0 saturated heterocycles. The van der Waals surface area contributed by atoms with E-state index in [1.54, 1.807) is 47.1 Å². The first-order chi connectivity index (χ1) is 11.7. The van der Waals surface area contributed by atoms with Gasteiger partial charge < -0.3 is 14.8 Å². The van der Waals surface area contributed by atoms with Crippen LogP contribution >= 0.6 is 0 Å². The molecule has 4 nitrogen and oxygen atoms in total. The number of nitrogens with one attached hydrogen (secondary N) is 1. The average Bonchev–Trinajstić information content (AvgIpc) is 2.55. The van der Waals surface area contributed by atoms with Crippen LogP contribution in [0.1, 0.15) is 26.3 Å². The first-order valence-electron chi connectivity index (χ1n) is 8.01. The lowest BCUT2D eigenvalue weighted by molar-refractivity contribution is -0.123. The minimum absolute atomic E-state index is 0.165. The summed E-state index contributed by atoms with van der Waals surface area (Å²) in [6.45, 7) is 7.15. The Hall–Kier alpha value is -2.56. The highest BCUT2D eigenvalue weighted by Gasteiger charge is 2.24. The summed E-state index contributed by atoms with van der Waals surface area (Å²) in [6.07, 6.45) is 0. The molecule has 0 spiro atoms. The van der Waals surface area contributed by atoms with Gasteiger partial charge in [0.05, 0.1) is 19.9 Å². The van der Waals surface area contributed by atoms with Gasteiger partial charge in [-0.05, 0) is 42.3 Å². The number of amides is 1. The molecule has 25 heavy (non-hydrogen) atoms. The number of rotatable bonds is 4. The van der Waals surface area contributed by atoms with E-state index < -0.39 is 11.2 Å². The minimum Gasteiger partial charge on any atom is -0.493 e. The quantitative estimate of drug-likeness (QED) is 0.865. The van der Waals surface area contributed by atoms with Crippen LogP contribution in [-0.2, 0) is 4.79 Å². The van der Waals surface area contributed by atoms with Crippen molar-refractivity contribution in [1.82, 2.24) is 0 Å². The van der Waals surface area contributed by atoms with Crippen molar-refractivity contribution >= 4 is 11.6 Å². The molecule has 5 heteroatoms. The number of ether oxygens (including phenoxy) is 2. The van der Waals surface area contributed by atoms with Gasteiger partial charge in [-0.1, -0.05) is 26.8 Å². The fourth-order valence-electron chi connectivity index (χ4n) is 2.40. The molecule has 2 aromatic carbocycles. The Morgan fingerprint density at radius 3 is 2.24 bits per heavy atom. The molecule has 0 aliphatic heterocycles. The zero-order chi connectivity index (χ0) is 18.8. The molecule has 134 valence electrons. The molecule has 1 amide bonds. The van der Waals surface area contributed by atoms with Crippen LogP contribution in [0.25, 0.3) is 11.1 Å². The maximum absolute atomic E-state index is 14.6. The maximum atomic E-state index is 14.6. The Labute approximate surface area is 148 Å². The number of hydrogen-bond donors (Lipinski definition) is 1. The van der Waals surface area contributed by atoms with E-state index in [0.717, 1.165) is 11.1 Å². The number of carbonyl (C=O) groups is 1. The van der Waals surface area contributed by atoms with Crippen molar-refractivity contribution in [2.24, 2.45) is 5.41 Å². The topological polar surface area (TPSA) is 47.6 Å². The predicted octanol–water partition coefficient (Wildman–Crippen LogP) is 4.80. The molecule has 2 aromatic rings. The summed E-state index contributed by atoms with van der Waals surface area (Å²) in [7, 11) is 3.10. The smallest absolute Gasteiger partial charge is 0.229 e. The van der Waals surface area contributed by atoms with Gasteiger partial charge in [0.2, 0.25) is 5.91 Å². The van der Waals surface area contributed by atoms with E-state index in [2.05, 4.69) is 5.32 Å². The number of anilines is 1. The number of hydrogen-bond acceptors (Lipinski definition) is 3. The van der Waals surface area contributed by atoms with Crippen LogP contribution in [0.2, 0.25) is 0 Å². The summed E-state index contributed by atoms with van der Waals surface area (Å²) in [5, 5.41) is 2.72. The third-order valence-corrected chi connectivity index (χ3v) is 3.85. The van der Waals surface area contributed by atoms with Crippen LogP contribution in [0.5, 0.6) is 11.5 Å². The number of aryl methyl sites for hydroxylation is 1. The highest BCUT2D eigenvalue weighted by molar-refractivity contribution is 5.98. The van der Waals surface area contributed by atoms with Crippen LogP contribution in [0, 0.1) is 18.2 Å². The first kappa shape index (κ1) is 18.8. The number of methoxy groups -OCH3 is 2. The van der Waals surface area contributed by atoms with Gasteiger partial charge in [0.25, 0.3) is 0 Å². The van der Waals surface area contributed by atoms with Crippen LogP contribution in [0.3, 0.4) is 0 Å².